The number of anilines is 3. The summed E-state index contributed by atoms with van der Waals surface area (Å²) in [5.41, 5.74) is 6.43. The standard InChI is InChI=1S/C22H35N7O3/c1-7-32-19-11-16(10-14(4)25-19)26-22(31)28-29(8-9-30)18-12-17(13(2)3)20(15(5)23)21(24-6)27-18/h10-13,22-23,28,30-31H,7-9H2,1-6H3,(H,24,27)(H,25,26). The molecular formula is C22H35N7O3. The molecule has 0 aliphatic heterocycles. The number of pyridine rings is 2. The van der Waals surface area contributed by atoms with Crippen molar-refractivity contribution < 1.29 is 14.9 Å². The van der Waals surface area contributed by atoms with Crippen LogP contribution in [0.25, 0.3) is 0 Å². The Labute approximate surface area is 189 Å². The third kappa shape index (κ3) is 6.52. The van der Waals surface area contributed by atoms with Gasteiger partial charge in [-0.2, -0.15) is 5.43 Å². The summed E-state index contributed by atoms with van der Waals surface area (Å²) in [4.78, 5) is 8.91. The number of hydrazine groups is 1. The van der Waals surface area contributed by atoms with Crippen molar-refractivity contribution in [1.29, 1.82) is 5.41 Å². The summed E-state index contributed by atoms with van der Waals surface area (Å²) in [5.74, 6) is 1.69. The Balaban J connectivity index is 2.32. The zero-order valence-electron chi connectivity index (χ0n) is 19.7. The van der Waals surface area contributed by atoms with E-state index >= 15 is 0 Å². The second-order valence-electron chi connectivity index (χ2n) is 7.64. The molecule has 32 heavy (non-hydrogen) atoms. The van der Waals surface area contributed by atoms with E-state index in [9.17, 15) is 10.2 Å². The highest BCUT2D eigenvalue weighted by Crippen LogP contribution is 2.29. The molecule has 0 aliphatic rings. The van der Waals surface area contributed by atoms with Gasteiger partial charge in [-0.05, 0) is 44.4 Å². The number of aromatic nitrogens is 2. The average molecular weight is 446 g/mol. The van der Waals surface area contributed by atoms with Crippen molar-refractivity contribution in [3.8, 4) is 5.88 Å². The lowest BCUT2D eigenvalue weighted by molar-refractivity contribution is 0.156. The van der Waals surface area contributed by atoms with Crippen LogP contribution in [0.1, 0.15) is 50.4 Å². The summed E-state index contributed by atoms with van der Waals surface area (Å²) < 4.78 is 5.46. The van der Waals surface area contributed by atoms with E-state index in [1.54, 1.807) is 31.1 Å². The Bertz CT molecular complexity index is 921. The van der Waals surface area contributed by atoms with Gasteiger partial charge < -0.3 is 31.0 Å². The molecule has 10 heteroatoms. The van der Waals surface area contributed by atoms with Crippen LogP contribution in [0.5, 0.6) is 5.88 Å². The number of hydrogen-bond donors (Lipinski definition) is 6. The molecule has 2 aromatic heterocycles. The predicted octanol–water partition coefficient (Wildman–Crippen LogP) is 2.43. The summed E-state index contributed by atoms with van der Waals surface area (Å²) in [7, 11) is 1.75. The van der Waals surface area contributed by atoms with Crippen molar-refractivity contribution in [3.05, 3.63) is 35.0 Å². The quantitative estimate of drug-likeness (QED) is 0.165. The Morgan fingerprint density at radius 3 is 2.53 bits per heavy atom. The largest absolute Gasteiger partial charge is 0.478 e. The number of aliphatic hydroxyl groups excluding tert-OH is 2. The molecule has 0 saturated heterocycles. The van der Waals surface area contributed by atoms with E-state index in [0.29, 0.717) is 35.5 Å². The molecule has 0 bridgehead atoms. The molecule has 6 N–H and O–H groups in total. The van der Waals surface area contributed by atoms with Crippen LogP contribution in [-0.4, -0.2) is 59.1 Å². The molecule has 0 aliphatic carbocycles. The first-order valence-corrected chi connectivity index (χ1v) is 10.7. The molecule has 176 valence electrons. The normalized spacial score (nSPS) is 11.9. The highest BCUT2D eigenvalue weighted by molar-refractivity contribution is 6.02. The lowest BCUT2D eigenvalue weighted by Gasteiger charge is -2.29. The zero-order chi connectivity index (χ0) is 23.8. The average Bonchev–Trinajstić information content (AvgIpc) is 2.71. The fraction of sp³-hybridized carbons (Fsp3) is 0.500. The number of rotatable bonds is 12. The van der Waals surface area contributed by atoms with E-state index in [1.165, 1.54) is 0 Å². The Hall–Kier alpha value is -2.95. The summed E-state index contributed by atoms with van der Waals surface area (Å²) in [6.45, 7) is 10.1. The second kappa shape index (κ2) is 11.6. The maximum atomic E-state index is 10.6. The Morgan fingerprint density at radius 2 is 1.97 bits per heavy atom. The molecule has 0 spiro atoms. The van der Waals surface area contributed by atoms with Gasteiger partial charge in [0.05, 0.1) is 19.8 Å². The molecule has 10 nitrogen and oxygen atoms in total. The lowest BCUT2D eigenvalue weighted by Crippen LogP contribution is -2.50. The smallest absolute Gasteiger partial charge is 0.215 e. The summed E-state index contributed by atoms with van der Waals surface area (Å²) >= 11 is 0. The zero-order valence-corrected chi connectivity index (χ0v) is 19.7. The molecule has 0 radical (unpaired) electrons. The topological polar surface area (TPSA) is 139 Å². The molecule has 0 fully saturated rings. The molecule has 1 unspecified atom stereocenters. The van der Waals surface area contributed by atoms with Crippen LogP contribution in [-0.2, 0) is 0 Å². The molecule has 0 saturated carbocycles. The van der Waals surface area contributed by atoms with Gasteiger partial charge in [0.1, 0.15) is 11.6 Å². The Kier molecular flexibility index (Phi) is 9.18. The van der Waals surface area contributed by atoms with Gasteiger partial charge in [-0.15, -0.1) is 0 Å². The van der Waals surface area contributed by atoms with Crippen LogP contribution in [0.2, 0.25) is 0 Å². The maximum Gasteiger partial charge on any atom is 0.215 e. The van der Waals surface area contributed by atoms with E-state index in [4.69, 9.17) is 10.1 Å². The number of nitrogens with zero attached hydrogens (tertiary/aromatic N) is 3. The molecule has 0 aromatic carbocycles. The highest BCUT2D eigenvalue weighted by atomic mass is 16.5. The van der Waals surface area contributed by atoms with E-state index in [2.05, 4.69) is 26.0 Å². The van der Waals surface area contributed by atoms with Crippen LogP contribution in [0.4, 0.5) is 17.3 Å². The van der Waals surface area contributed by atoms with Crippen LogP contribution >= 0.6 is 0 Å². The minimum absolute atomic E-state index is 0.148. The third-order valence-electron chi connectivity index (χ3n) is 4.67. The number of nitrogens with one attached hydrogen (secondary N) is 4. The first-order valence-electron chi connectivity index (χ1n) is 10.7. The van der Waals surface area contributed by atoms with Crippen LogP contribution in [0.3, 0.4) is 0 Å². The summed E-state index contributed by atoms with van der Waals surface area (Å²) in [5, 5.41) is 36.0. The van der Waals surface area contributed by atoms with Crippen molar-refractivity contribution in [2.24, 2.45) is 0 Å². The van der Waals surface area contributed by atoms with Crippen molar-refractivity contribution in [2.75, 3.05) is 42.4 Å². The van der Waals surface area contributed by atoms with Crippen molar-refractivity contribution in [1.82, 2.24) is 15.4 Å². The minimum Gasteiger partial charge on any atom is -0.478 e. The molecule has 2 rings (SSSR count). The van der Waals surface area contributed by atoms with E-state index in [-0.39, 0.29) is 19.1 Å². The molecule has 2 aromatic rings. The fourth-order valence-corrected chi connectivity index (χ4v) is 3.35. The summed E-state index contributed by atoms with van der Waals surface area (Å²) in [6.07, 6.45) is -1.18. The second-order valence-corrected chi connectivity index (χ2v) is 7.64. The predicted molar refractivity (Wildman–Crippen MR) is 128 cm³/mol. The number of hydrogen-bond acceptors (Lipinski definition) is 10. The van der Waals surface area contributed by atoms with Crippen LogP contribution < -0.4 is 25.8 Å². The van der Waals surface area contributed by atoms with E-state index in [0.717, 1.165) is 16.8 Å². The van der Waals surface area contributed by atoms with Gasteiger partial charge in [-0.1, -0.05) is 13.8 Å². The van der Waals surface area contributed by atoms with Gasteiger partial charge in [0.15, 0.2) is 6.35 Å². The number of aryl methyl sites for hydroxylation is 1. The minimum atomic E-state index is -1.18. The van der Waals surface area contributed by atoms with Gasteiger partial charge in [0, 0.05) is 35.8 Å². The molecule has 1 atom stereocenters. The van der Waals surface area contributed by atoms with Gasteiger partial charge in [-0.25, -0.2) is 9.97 Å². The SMILES string of the molecule is CCOc1cc(NC(O)NN(CCO)c2cc(C(C)C)c(C(C)=N)c(NC)n2)cc(C)n1. The van der Waals surface area contributed by atoms with Crippen LogP contribution in [0.15, 0.2) is 18.2 Å². The van der Waals surface area contributed by atoms with Crippen molar-refractivity contribution in [3.63, 3.8) is 0 Å². The third-order valence-corrected chi connectivity index (χ3v) is 4.67. The van der Waals surface area contributed by atoms with Gasteiger partial charge in [-0.3, -0.25) is 5.01 Å². The fourth-order valence-electron chi connectivity index (χ4n) is 3.35. The molecule has 2 heterocycles. The Morgan fingerprint density at radius 1 is 1.25 bits per heavy atom. The van der Waals surface area contributed by atoms with Crippen LogP contribution in [0, 0.1) is 12.3 Å². The van der Waals surface area contributed by atoms with Crippen molar-refractivity contribution >= 4 is 23.0 Å². The van der Waals surface area contributed by atoms with E-state index in [1.807, 2.05) is 33.8 Å². The van der Waals surface area contributed by atoms with Gasteiger partial charge in [0.25, 0.3) is 0 Å². The van der Waals surface area contributed by atoms with Gasteiger partial charge >= 0.3 is 0 Å². The molecular weight excluding hydrogens is 410 g/mol. The number of ether oxygens (including phenoxy) is 1. The maximum absolute atomic E-state index is 10.6. The monoisotopic (exact) mass is 445 g/mol. The first-order chi connectivity index (χ1) is 15.2. The molecule has 0 amide bonds. The summed E-state index contributed by atoms with van der Waals surface area (Å²) in [6, 6.07) is 5.37. The highest BCUT2D eigenvalue weighted by Gasteiger charge is 2.20. The van der Waals surface area contributed by atoms with E-state index < -0.39 is 6.35 Å². The van der Waals surface area contributed by atoms with Crippen molar-refractivity contribution in [2.45, 2.75) is 46.9 Å². The van der Waals surface area contributed by atoms with Gasteiger partial charge in [0.2, 0.25) is 5.88 Å². The first kappa shape index (κ1) is 25.3. The lowest BCUT2D eigenvalue weighted by atomic mass is 9.95. The number of aliphatic hydroxyl groups is 2.